The number of anilines is 1. The number of fused-ring (bicyclic) bond motifs is 2. The molecule has 8 nitrogen and oxygen atoms in total. The number of halogens is 3. The number of aromatic nitrogens is 3. The fraction of sp³-hybridized carbons (Fsp3) is 0.118. The lowest BCUT2D eigenvalue weighted by molar-refractivity contribution is -0.274. The van der Waals surface area contributed by atoms with Gasteiger partial charge in [-0.25, -0.2) is 18.4 Å². The molecule has 1 amide bonds. The van der Waals surface area contributed by atoms with Crippen LogP contribution in [0.15, 0.2) is 47.8 Å². The van der Waals surface area contributed by atoms with Crippen molar-refractivity contribution >= 4 is 47.9 Å². The van der Waals surface area contributed by atoms with E-state index < -0.39 is 27.9 Å². The van der Waals surface area contributed by atoms with Crippen molar-refractivity contribution in [3.8, 4) is 5.75 Å². The normalized spacial score (nSPS) is 12.4. The summed E-state index contributed by atoms with van der Waals surface area (Å²) in [4.78, 5) is 20.8. The Labute approximate surface area is 170 Å². The molecule has 0 bridgehead atoms. The maximum atomic E-state index is 12.7. The van der Waals surface area contributed by atoms with Gasteiger partial charge < -0.3 is 4.74 Å². The number of carbonyl (C=O) groups excluding carboxylic acids is 1. The molecule has 3 aromatic heterocycles. The van der Waals surface area contributed by atoms with E-state index in [2.05, 4.69) is 20.0 Å². The predicted molar refractivity (Wildman–Crippen MR) is 103 cm³/mol. The summed E-state index contributed by atoms with van der Waals surface area (Å²) in [5.74, 6) is -1.12. The molecule has 156 valence electrons. The van der Waals surface area contributed by atoms with E-state index in [4.69, 9.17) is 0 Å². The summed E-state index contributed by atoms with van der Waals surface area (Å²) in [7, 11) is -3.70. The van der Waals surface area contributed by atoms with E-state index in [9.17, 15) is 26.4 Å². The standard InChI is InChI=1S/C17H11F3N4O4S2/c1-30(26,27)16-22-13(11-4-2-3-7-24(11)16)14(25)23-15-21-10-6-5-9(8-12(10)29-15)28-17(18,19)20/h2-8H,1H3,(H,21,23,25). The molecule has 13 heteroatoms. The lowest BCUT2D eigenvalue weighted by Gasteiger charge is -2.07. The van der Waals surface area contributed by atoms with Gasteiger partial charge in [-0.2, -0.15) is 0 Å². The van der Waals surface area contributed by atoms with Crippen molar-refractivity contribution in [2.75, 3.05) is 11.6 Å². The predicted octanol–water partition coefficient (Wildman–Crippen LogP) is 3.50. The number of rotatable bonds is 4. The maximum absolute atomic E-state index is 12.7. The summed E-state index contributed by atoms with van der Waals surface area (Å²) in [5.41, 5.74) is 0.505. The Bertz CT molecular complexity index is 1390. The van der Waals surface area contributed by atoms with Crippen molar-refractivity contribution in [3.05, 3.63) is 48.3 Å². The number of ether oxygens (including phenoxy) is 1. The molecule has 0 saturated heterocycles. The van der Waals surface area contributed by atoms with Gasteiger partial charge in [0.05, 0.1) is 15.7 Å². The zero-order chi connectivity index (χ0) is 21.7. The average Bonchev–Trinajstić information content (AvgIpc) is 3.20. The molecule has 0 saturated carbocycles. The summed E-state index contributed by atoms with van der Waals surface area (Å²) >= 11 is 0.935. The fourth-order valence-electron chi connectivity index (χ4n) is 2.75. The highest BCUT2D eigenvalue weighted by atomic mass is 32.2. The zero-order valence-corrected chi connectivity index (χ0v) is 16.6. The van der Waals surface area contributed by atoms with Gasteiger partial charge in [0.25, 0.3) is 5.91 Å². The van der Waals surface area contributed by atoms with Gasteiger partial charge in [0.1, 0.15) is 5.75 Å². The Morgan fingerprint density at radius 2 is 1.97 bits per heavy atom. The van der Waals surface area contributed by atoms with Gasteiger partial charge in [-0.05, 0) is 24.3 Å². The average molecular weight is 456 g/mol. The van der Waals surface area contributed by atoms with Crippen molar-refractivity contribution in [1.82, 2.24) is 14.4 Å². The summed E-state index contributed by atoms with van der Waals surface area (Å²) in [5, 5.41) is 2.33. The van der Waals surface area contributed by atoms with E-state index in [-0.39, 0.29) is 21.5 Å². The Morgan fingerprint density at radius 1 is 1.20 bits per heavy atom. The van der Waals surface area contributed by atoms with E-state index in [1.54, 1.807) is 12.1 Å². The molecule has 0 radical (unpaired) electrons. The fourth-order valence-corrected chi connectivity index (χ4v) is 4.41. The number of pyridine rings is 1. The lowest BCUT2D eigenvalue weighted by Crippen LogP contribution is -2.16. The van der Waals surface area contributed by atoms with Gasteiger partial charge in [-0.3, -0.25) is 14.5 Å². The number of carbonyl (C=O) groups is 1. The highest BCUT2D eigenvalue weighted by Crippen LogP contribution is 2.32. The molecule has 1 N–H and O–H groups in total. The van der Waals surface area contributed by atoms with Crippen LogP contribution in [0.3, 0.4) is 0 Å². The maximum Gasteiger partial charge on any atom is 0.573 e. The van der Waals surface area contributed by atoms with E-state index in [1.165, 1.54) is 22.7 Å². The molecule has 4 aromatic rings. The van der Waals surface area contributed by atoms with E-state index in [1.807, 2.05) is 0 Å². The summed E-state index contributed by atoms with van der Waals surface area (Å²) < 4.78 is 66.6. The second-order valence-corrected chi connectivity index (χ2v) is 9.06. The summed E-state index contributed by atoms with van der Waals surface area (Å²) in [6, 6.07) is 8.36. The second kappa shape index (κ2) is 6.95. The van der Waals surface area contributed by atoms with Crippen LogP contribution in [0.25, 0.3) is 15.7 Å². The largest absolute Gasteiger partial charge is 0.573 e. The number of hydrogen-bond acceptors (Lipinski definition) is 7. The molecule has 1 aromatic carbocycles. The molecule has 0 unspecified atom stereocenters. The van der Waals surface area contributed by atoms with Crippen molar-refractivity contribution in [3.63, 3.8) is 0 Å². The first kappa shape index (κ1) is 20.1. The van der Waals surface area contributed by atoms with Gasteiger partial charge in [0.15, 0.2) is 10.8 Å². The molecule has 0 aliphatic rings. The van der Waals surface area contributed by atoms with E-state index in [0.717, 1.165) is 29.7 Å². The number of sulfone groups is 1. The van der Waals surface area contributed by atoms with Crippen molar-refractivity contribution in [1.29, 1.82) is 0 Å². The van der Waals surface area contributed by atoms with Gasteiger partial charge in [-0.1, -0.05) is 17.4 Å². The topological polar surface area (TPSA) is 103 Å². The third-order valence-electron chi connectivity index (χ3n) is 3.88. The third-order valence-corrected chi connectivity index (χ3v) is 5.76. The number of alkyl halides is 3. The van der Waals surface area contributed by atoms with Crippen LogP contribution in [0.5, 0.6) is 5.75 Å². The minimum Gasteiger partial charge on any atom is -0.406 e. The van der Waals surface area contributed by atoms with E-state index >= 15 is 0 Å². The van der Waals surface area contributed by atoms with Crippen LogP contribution < -0.4 is 10.1 Å². The lowest BCUT2D eigenvalue weighted by atomic mass is 10.3. The van der Waals surface area contributed by atoms with Gasteiger partial charge >= 0.3 is 6.36 Å². The molecule has 0 aliphatic heterocycles. The van der Waals surface area contributed by atoms with Gasteiger partial charge in [0.2, 0.25) is 15.0 Å². The van der Waals surface area contributed by atoms with Crippen LogP contribution in [0, 0.1) is 0 Å². The number of hydrogen-bond donors (Lipinski definition) is 1. The second-order valence-electron chi connectivity index (χ2n) is 6.12. The van der Waals surface area contributed by atoms with Crippen molar-refractivity contribution < 1.29 is 31.1 Å². The first-order valence-electron chi connectivity index (χ1n) is 8.16. The highest BCUT2D eigenvalue weighted by Gasteiger charge is 2.31. The quantitative estimate of drug-likeness (QED) is 0.504. The molecule has 0 aliphatic carbocycles. The molecule has 0 fully saturated rings. The minimum absolute atomic E-state index is 0.108. The number of benzene rings is 1. The first-order valence-corrected chi connectivity index (χ1v) is 10.9. The number of thiazole rings is 1. The highest BCUT2D eigenvalue weighted by molar-refractivity contribution is 7.90. The van der Waals surface area contributed by atoms with E-state index in [0.29, 0.717) is 10.2 Å². The number of nitrogens with one attached hydrogen (secondary N) is 1. The zero-order valence-electron chi connectivity index (χ0n) is 15.0. The van der Waals surface area contributed by atoms with Crippen LogP contribution in [0.4, 0.5) is 18.3 Å². The van der Waals surface area contributed by atoms with Gasteiger partial charge in [-0.15, -0.1) is 13.2 Å². The molecular formula is C17H11F3N4O4S2. The molecular weight excluding hydrogens is 445 g/mol. The first-order chi connectivity index (χ1) is 14.0. The minimum atomic E-state index is -4.82. The number of amides is 1. The van der Waals surface area contributed by atoms with Crippen molar-refractivity contribution in [2.45, 2.75) is 11.5 Å². The summed E-state index contributed by atoms with van der Waals surface area (Å²) in [6.45, 7) is 0. The molecule has 30 heavy (non-hydrogen) atoms. The molecule has 0 atom stereocenters. The van der Waals surface area contributed by atoms with Crippen LogP contribution >= 0.6 is 11.3 Å². The molecule has 0 spiro atoms. The number of nitrogens with zero attached hydrogens (tertiary/aromatic N) is 3. The molecule has 3 heterocycles. The van der Waals surface area contributed by atoms with Crippen molar-refractivity contribution in [2.24, 2.45) is 0 Å². The SMILES string of the molecule is CS(=O)(=O)c1nc(C(=O)Nc2nc3ccc(OC(F)(F)F)cc3s2)c2ccccn12. The Hall–Kier alpha value is -3.19. The Kier molecular flexibility index (Phi) is 4.66. The monoisotopic (exact) mass is 456 g/mol. The number of imidazole rings is 1. The smallest absolute Gasteiger partial charge is 0.406 e. The van der Waals surface area contributed by atoms with Crippen LogP contribution in [0.1, 0.15) is 10.5 Å². The van der Waals surface area contributed by atoms with Crippen LogP contribution in [-0.4, -0.2) is 41.3 Å². The summed E-state index contributed by atoms with van der Waals surface area (Å²) in [6.07, 6.45) is -2.38. The Balaban J connectivity index is 1.67. The van der Waals surface area contributed by atoms with Gasteiger partial charge in [0, 0.05) is 18.5 Å². The van der Waals surface area contributed by atoms with Crippen LogP contribution in [-0.2, 0) is 9.84 Å². The third kappa shape index (κ3) is 3.93. The Morgan fingerprint density at radius 3 is 2.67 bits per heavy atom. The molecule has 4 rings (SSSR count). The van der Waals surface area contributed by atoms with Crippen LogP contribution in [0.2, 0.25) is 0 Å².